The second-order valence-corrected chi connectivity index (χ2v) is 6.85. The van der Waals surface area contributed by atoms with Crippen molar-refractivity contribution < 1.29 is 8.42 Å². The molecule has 2 heterocycles. The molecule has 0 amide bonds. The Balaban J connectivity index is 2.33. The number of primary sulfonamides is 1. The fourth-order valence-electron chi connectivity index (χ4n) is 1.97. The third-order valence-corrected chi connectivity index (χ3v) is 5.19. The number of anilines is 1. The Kier molecular flexibility index (Phi) is 2.97. The van der Waals surface area contributed by atoms with Crippen LogP contribution in [0, 0.1) is 0 Å². The highest BCUT2D eigenvalue weighted by molar-refractivity contribution is 7.89. The van der Waals surface area contributed by atoms with Gasteiger partial charge in [-0.25, -0.2) is 18.5 Å². The summed E-state index contributed by atoms with van der Waals surface area (Å²) in [5.41, 5.74) is 6.81. The average Bonchev–Trinajstić information content (AvgIpc) is 2.84. The van der Waals surface area contributed by atoms with E-state index < -0.39 is 10.0 Å². The number of nitrogens with two attached hydrogens (primary N) is 2. The first-order chi connectivity index (χ1) is 9.47. The summed E-state index contributed by atoms with van der Waals surface area (Å²) in [5, 5.41) is 5.83. The van der Waals surface area contributed by atoms with Gasteiger partial charge in [0.05, 0.1) is 10.9 Å². The molecule has 4 N–H and O–H groups in total. The number of pyridine rings is 1. The van der Waals surface area contributed by atoms with E-state index in [0.29, 0.717) is 15.9 Å². The highest BCUT2D eigenvalue weighted by atomic mass is 32.2. The van der Waals surface area contributed by atoms with E-state index in [4.69, 9.17) is 10.9 Å². The first-order valence-electron chi connectivity index (χ1n) is 5.73. The summed E-state index contributed by atoms with van der Waals surface area (Å²) in [7, 11) is -3.82. The smallest absolute Gasteiger partial charge is 0.241 e. The van der Waals surface area contributed by atoms with Gasteiger partial charge in [0.1, 0.15) is 10.7 Å². The van der Waals surface area contributed by atoms with Gasteiger partial charge >= 0.3 is 0 Å². The molecule has 7 heteroatoms. The van der Waals surface area contributed by atoms with E-state index in [1.807, 2.05) is 36.4 Å². The summed E-state index contributed by atoms with van der Waals surface area (Å²) >= 11 is 1.34. The summed E-state index contributed by atoms with van der Waals surface area (Å²) in [6.45, 7) is 0. The Labute approximate surface area is 119 Å². The number of hydrogen-bond donors (Lipinski definition) is 2. The summed E-state index contributed by atoms with van der Waals surface area (Å²) in [6, 6.07) is 11.5. The molecule has 0 radical (unpaired) electrons. The molecule has 3 rings (SSSR count). The lowest BCUT2D eigenvalue weighted by Gasteiger charge is -2.00. The van der Waals surface area contributed by atoms with E-state index in [1.54, 1.807) is 0 Å². The van der Waals surface area contributed by atoms with Crippen molar-refractivity contribution in [3.8, 4) is 10.4 Å². The molecule has 102 valence electrons. The maximum atomic E-state index is 11.6. The second-order valence-electron chi connectivity index (χ2n) is 4.27. The second kappa shape index (κ2) is 4.55. The van der Waals surface area contributed by atoms with Crippen molar-refractivity contribution in [2.45, 2.75) is 4.90 Å². The Hall–Kier alpha value is -1.96. The van der Waals surface area contributed by atoms with Gasteiger partial charge in [-0.15, -0.1) is 11.3 Å². The van der Waals surface area contributed by atoms with Gasteiger partial charge in [-0.1, -0.05) is 30.3 Å². The van der Waals surface area contributed by atoms with E-state index in [2.05, 4.69) is 4.98 Å². The van der Waals surface area contributed by atoms with Crippen molar-refractivity contribution in [2.24, 2.45) is 5.14 Å². The topological polar surface area (TPSA) is 99.1 Å². The number of rotatable bonds is 2. The van der Waals surface area contributed by atoms with Crippen LogP contribution in [0.1, 0.15) is 0 Å². The Bertz CT molecular complexity index is 887. The number of nitrogens with zero attached hydrogens (tertiary/aromatic N) is 1. The van der Waals surface area contributed by atoms with Gasteiger partial charge in [-0.05, 0) is 11.6 Å². The minimum atomic E-state index is -3.82. The van der Waals surface area contributed by atoms with Crippen molar-refractivity contribution in [3.05, 3.63) is 42.6 Å². The zero-order valence-corrected chi connectivity index (χ0v) is 11.9. The molecule has 2 aromatic heterocycles. The molecule has 0 aliphatic heterocycles. The maximum Gasteiger partial charge on any atom is 0.241 e. The lowest BCUT2D eigenvalue weighted by Crippen LogP contribution is -2.12. The number of aromatic nitrogens is 1. The number of nitrogen functional groups attached to an aromatic ring is 1. The van der Waals surface area contributed by atoms with Crippen molar-refractivity contribution in [2.75, 3.05) is 5.73 Å². The summed E-state index contributed by atoms with van der Waals surface area (Å²) in [5.74, 6) is 0.297. The number of hydrogen-bond acceptors (Lipinski definition) is 5. The van der Waals surface area contributed by atoms with Gasteiger partial charge in [0, 0.05) is 10.3 Å². The van der Waals surface area contributed by atoms with Gasteiger partial charge < -0.3 is 5.73 Å². The van der Waals surface area contributed by atoms with Crippen molar-refractivity contribution in [3.63, 3.8) is 0 Å². The molecule has 0 fully saturated rings. The fourth-order valence-corrected chi connectivity index (χ4v) is 4.09. The van der Waals surface area contributed by atoms with Crippen LogP contribution in [0.25, 0.3) is 20.5 Å². The third kappa shape index (κ3) is 2.15. The zero-order chi connectivity index (χ0) is 14.3. The van der Waals surface area contributed by atoms with E-state index in [0.717, 1.165) is 10.4 Å². The fraction of sp³-hybridized carbons (Fsp3) is 0. The van der Waals surface area contributed by atoms with Crippen LogP contribution >= 0.6 is 11.3 Å². The quantitative estimate of drug-likeness (QED) is 0.758. The summed E-state index contributed by atoms with van der Waals surface area (Å²) in [6.07, 6.45) is 1.21. The van der Waals surface area contributed by atoms with E-state index >= 15 is 0 Å². The molecular formula is C13H11N3O2S2. The van der Waals surface area contributed by atoms with Gasteiger partial charge in [0.15, 0.2) is 0 Å². The minimum Gasteiger partial charge on any atom is -0.383 e. The van der Waals surface area contributed by atoms with Crippen molar-refractivity contribution in [1.82, 2.24) is 4.98 Å². The standard InChI is InChI=1S/C13H11N3O2S2/c14-13-9-6-10(8-4-2-1-3-5-8)19-12(9)11(7-16-13)20(15,17)18/h1-7H,(H2,14,16)(H2,15,17,18). The molecule has 0 spiro atoms. The Morgan fingerprint density at radius 1 is 1.15 bits per heavy atom. The summed E-state index contributed by atoms with van der Waals surface area (Å²) in [4.78, 5) is 4.84. The van der Waals surface area contributed by atoms with Crippen molar-refractivity contribution in [1.29, 1.82) is 0 Å². The molecule has 0 aliphatic rings. The van der Waals surface area contributed by atoms with Crippen LogP contribution in [-0.4, -0.2) is 13.4 Å². The van der Waals surface area contributed by atoms with Crippen LogP contribution < -0.4 is 10.9 Å². The minimum absolute atomic E-state index is 0.00822. The number of benzene rings is 1. The largest absolute Gasteiger partial charge is 0.383 e. The van der Waals surface area contributed by atoms with E-state index in [9.17, 15) is 8.42 Å². The van der Waals surface area contributed by atoms with Crippen LogP contribution in [0.5, 0.6) is 0 Å². The first kappa shape index (κ1) is 13.0. The number of fused-ring (bicyclic) bond motifs is 1. The van der Waals surface area contributed by atoms with Gasteiger partial charge in [-0.3, -0.25) is 0 Å². The van der Waals surface area contributed by atoms with E-state index in [-0.39, 0.29) is 4.90 Å². The third-order valence-electron chi connectivity index (χ3n) is 2.92. The Morgan fingerprint density at radius 2 is 1.85 bits per heavy atom. The molecular weight excluding hydrogens is 294 g/mol. The molecule has 0 bridgehead atoms. The molecule has 0 unspecified atom stereocenters. The van der Waals surface area contributed by atoms with Gasteiger partial charge in [-0.2, -0.15) is 0 Å². The summed E-state index contributed by atoms with van der Waals surface area (Å²) < 4.78 is 23.8. The van der Waals surface area contributed by atoms with Gasteiger partial charge in [0.25, 0.3) is 0 Å². The van der Waals surface area contributed by atoms with Gasteiger partial charge in [0.2, 0.25) is 10.0 Å². The monoisotopic (exact) mass is 305 g/mol. The van der Waals surface area contributed by atoms with Crippen LogP contribution in [0.3, 0.4) is 0 Å². The predicted molar refractivity (Wildman–Crippen MR) is 80.8 cm³/mol. The number of thiophene rings is 1. The van der Waals surface area contributed by atoms with Crippen LogP contribution in [-0.2, 0) is 10.0 Å². The maximum absolute atomic E-state index is 11.6. The molecule has 0 aliphatic carbocycles. The Morgan fingerprint density at radius 3 is 2.50 bits per heavy atom. The molecule has 20 heavy (non-hydrogen) atoms. The average molecular weight is 305 g/mol. The lowest BCUT2D eigenvalue weighted by atomic mass is 10.2. The molecule has 0 saturated carbocycles. The van der Waals surface area contributed by atoms with Crippen LogP contribution in [0.4, 0.5) is 5.82 Å². The van der Waals surface area contributed by atoms with Crippen LogP contribution in [0.2, 0.25) is 0 Å². The number of sulfonamides is 1. The zero-order valence-electron chi connectivity index (χ0n) is 10.3. The normalized spacial score (nSPS) is 11.8. The molecule has 3 aromatic rings. The predicted octanol–water partition coefficient (Wildman–Crippen LogP) is 2.19. The molecule has 5 nitrogen and oxygen atoms in total. The molecule has 1 aromatic carbocycles. The van der Waals surface area contributed by atoms with Crippen LogP contribution in [0.15, 0.2) is 47.5 Å². The lowest BCUT2D eigenvalue weighted by molar-refractivity contribution is 0.598. The highest BCUT2D eigenvalue weighted by Gasteiger charge is 2.18. The SMILES string of the molecule is Nc1ncc(S(N)(=O)=O)c2sc(-c3ccccc3)cc12. The molecule has 0 saturated heterocycles. The first-order valence-corrected chi connectivity index (χ1v) is 8.09. The van der Waals surface area contributed by atoms with E-state index in [1.165, 1.54) is 17.5 Å². The van der Waals surface area contributed by atoms with Crippen molar-refractivity contribution >= 4 is 37.3 Å². The molecule has 0 atom stereocenters. The highest BCUT2D eigenvalue weighted by Crippen LogP contribution is 2.38.